The van der Waals surface area contributed by atoms with E-state index in [2.05, 4.69) is 125 Å². The maximum absolute atomic E-state index is 13.7. The summed E-state index contributed by atoms with van der Waals surface area (Å²) in [4.78, 5) is 54.7. The average Bonchev–Trinajstić information content (AvgIpc) is 3.45. The number of rotatable bonds is 60. The minimum atomic E-state index is -6.14. The first-order valence-electron chi connectivity index (χ1n) is 33.9. The summed E-state index contributed by atoms with van der Waals surface area (Å²) < 4.78 is 23.9. The first-order valence-corrected chi connectivity index (χ1v) is 40.2. The number of carbonyl (C=O) groups excluding carboxylic acids is 4. The van der Waals surface area contributed by atoms with Crippen LogP contribution < -0.4 is 0 Å². The van der Waals surface area contributed by atoms with Crippen LogP contribution in [0.2, 0.25) is 0 Å². The normalized spacial score (nSPS) is 12.4. The Kier molecular flexibility index (Phi) is 61.7. The zero-order valence-corrected chi connectivity index (χ0v) is 56.8. The van der Waals surface area contributed by atoms with Gasteiger partial charge in [0.2, 0.25) is 0 Å². The molecule has 0 atom stereocenters. The van der Waals surface area contributed by atoms with Gasteiger partial charge in [0.25, 0.3) is 0 Å². The van der Waals surface area contributed by atoms with E-state index in [1.54, 1.807) is 0 Å². The Morgan fingerprint density at radius 1 is 0.222 bits per heavy atom. The summed E-state index contributed by atoms with van der Waals surface area (Å²) in [6, 6.07) is 0. The van der Waals surface area contributed by atoms with E-state index in [4.69, 9.17) is 10.7 Å². The molecule has 0 aliphatic rings. The summed E-state index contributed by atoms with van der Waals surface area (Å²) in [6.07, 6.45) is 82.3. The Morgan fingerprint density at radius 2 is 0.383 bits per heavy atom. The molecule has 0 rings (SSSR count). The molecular formula is C72H124O8Pb. The molecule has 0 aliphatic carbocycles. The van der Waals surface area contributed by atoms with Crippen molar-refractivity contribution in [3.63, 3.8) is 0 Å². The first kappa shape index (κ1) is 77.7. The summed E-state index contributed by atoms with van der Waals surface area (Å²) in [6.45, 7) is 8.92. The maximum atomic E-state index is 13.7. The van der Waals surface area contributed by atoms with Gasteiger partial charge in [0, 0.05) is 0 Å². The fraction of sp³-hybridized carbons (Fsp3) is 0.722. The minimum Gasteiger partial charge on any atom is -0.0882 e. The van der Waals surface area contributed by atoms with Gasteiger partial charge in [-0.05, 0) is 51.4 Å². The van der Waals surface area contributed by atoms with E-state index in [0.717, 1.165) is 180 Å². The summed E-state index contributed by atoms with van der Waals surface area (Å²) in [5.41, 5.74) is 0. The van der Waals surface area contributed by atoms with E-state index in [1.807, 2.05) is 0 Å². The molecule has 0 aromatic heterocycles. The van der Waals surface area contributed by atoms with Gasteiger partial charge >= 0.3 is 331 Å². The van der Waals surface area contributed by atoms with Gasteiger partial charge in [-0.15, -0.1) is 0 Å². The van der Waals surface area contributed by atoms with Crippen LogP contribution in [0, 0.1) is 0 Å². The van der Waals surface area contributed by atoms with Crippen LogP contribution in [0.15, 0.2) is 97.2 Å². The molecular weight excluding hydrogens is 1200 g/mol. The summed E-state index contributed by atoms with van der Waals surface area (Å²) in [5, 5.41) is 0. The topological polar surface area (TPSA) is 105 Å². The van der Waals surface area contributed by atoms with Crippen molar-refractivity contribution >= 4 is 46.9 Å². The second-order valence-electron chi connectivity index (χ2n) is 22.3. The van der Waals surface area contributed by atoms with E-state index >= 15 is 0 Å². The van der Waals surface area contributed by atoms with Crippen molar-refractivity contribution in [1.82, 2.24) is 0 Å². The average molecular weight is 1320 g/mol. The molecule has 0 bridgehead atoms. The molecule has 0 aliphatic heterocycles. The Hall–Kier alpha value is -3.28. The molecule has 0 heterocycles. The molecule has 9 heteroatoms. The smallest absolute Gasteiger partial charge is 0.0882 e. The fourth-order valence-corrected chi connectivity index (χ4v) is 16.1. The second-order valence-corrected chi connectivity index (χ2v) is 29.4. The van der Waals surface area contributed by atoms with Crippen LogP contribution in [-0.2, 0) is 29.9 Å². The molecule has 0 spiro atoms. The van der Waals surface area contributed by atoms with E-state index in [0.29, 0.717) is 25.7 Å². The van der Waals surface area contributed by atoms with Crippen LogP contribution in [0.3, 0.4) is 0 Å². The Balaban J connectivity index is 5.65. The van der Waals surface area contributed by atoms with Crippen molar-refractivity contribution in [3.05, 3.63) is 97.2 Å². The third-order valence-electron chi connectivity index (χ3n) is 14.3. The molecule has 0 unspecified atom stereocenters. The van der Waals surface area contributed by atoms with Crippen molar-refractivity contribution < 1.29 is 29.9 Å². The van der Waals surface area contributed by atoms with Crippen molar-refractivity contribution in [1.29, 1.82) is 0 Å². The molecule has 0 saturated heterocycles. The molecule has 0 fully saturated rings. The molecule has 0 radical (unpaired) electrons. The standard InChI is InChI=1S/4C18H32O2.Pb/c4*1-2-3-4-5-6-7-8-9-10-11-12-13-14-15-16-17-18(19)20;/h4*6-7,9-10H,2-5,8,11-17H2,1H3,(H,19,20);/q;;;;+4/p-4/b4*7-6-,10-9-;. The summed E-state index contributed by atoms with van der Waals surface area (Å²) in [5.74, 6) is -2.60. The number of hydrogen-bond donors (Lipinski definition) is 0. The predicted octanol–water partition coefficient (Wildman–Crippen LogP) is 22.8. The number of unbranched alkanes of at least 4 members (excludes halogenated alkanes) is 32. The van der Waals surface area contributed by atoms with Gasteiger partial charge in [0.15, 0.2) is 0 Å². The van der Waals surface area contributed by atoms with Crippen LogP contribution in [0.4, 0.5) is 0 Å². The molecule has 464 valence electrons. The fourth-order valence-electron chi connectivity index (χ4n) is 9.21. The van der Waals surface area contributed by atoms with Gasteiger partial charge in [-0.1, -0.05) is 128 Å². The summed E-state index contributed by atoms with van der Waals surface area (Å²) >= 11 is -6.14. The van der Waals surface area contributed by atoms with Gasteiger partial charge in [0.1, 0.15) is 0 Å². The van der Waals surface area contributed by atoms with Crippen molar-refractivity contribution in [2.24, 2.45) is 0 Å². The number of hydrogen-bond acceptors (Lipinski definition) is 8. The van der Waals surface area contributed by atoms with Crippen LogP contribution in [0.25, 0.3) is 0 Å². The molecule has 0 aromatic rings. The van der Waals surface area contributed by atoms with E-state index < -0.39 is 46.9 Å². The molecule has 0 aromatic carbocycles. The van der Waals surface area contributed by atoms with E-state index in [-0.39, 0.29) is 25.7 Å². The zero-order valence-electron chi connectivity index (χ0n) is 52.9. The van der Waals surface area contributed by atoms with Crippen LogP contribution in [-0.4, -0.2) is 46.9 Å². The van der Waals surface area contributed by atoms with Crippen LogP contribution >= 0.6 is 0 Å². The number of allylic oxidation sites excluding steroid dienone is 16. The molecule has 8 nitrogen and oxygen atoms in total. The second kappa shape index (κ2) is 64.3. The van der Waals surface area contributed by atoms with E-state index in [1.165, 1.54) is 77.0 Å². The van der Waals surface area contributed by atoms with Crippen molar-refractivity contribution in [2.75, 3.05) is 0 Å². The van der Waals surface area contributed by atoms with Gasteiger partial charge < -0.3 is 0 Å². The third-order valence-corrected chi connectivity index (χ3v) is 21.7. The first-order chi connectivity index (χ1) is 39.8. The molecule has 81 heavy (non-hydrogen) atoms. The summed E-state index contributed by atoms with van der Waals surface area (Å²) in [7, 11) is 0. The Bertz CT molecular complexity index is 1440. The van der Waals surface area contributed by atoms with Crippen molar-refractivity contribution in [2.45, 2.75) is 336 Å². The number of carbonyl (C=O) groups is 4. The SMILES string of the molecule is CCCCC/C=C\C/C=C\CCCCCCCC(=O)[O][Pb]([O]C(=O)CCCCCCC/C=C\C/C=C\CCCCC)([O]C(=O)CCCCCCC/C=C\C/C=C\CCCCC)[O]C(=O)CCCCCCC/C=C\C/C=C\CCCCC. The van der Waals surface area contributed by atoms with Gasteiger partial charge in [-0.2, -0.15) is 0 Å². The Morgan fingerprint density at radius 3 is 0.568 bits per heavy atom. The van der Waals surface area contributed by atoms with Crippen LogP contribution in [0.1, 0.15) is 336 Å². The van der Waals surface area contributed by atoms with Crippen molar-refractivity contribution in [3.8, 4) is 0 Å². The molecule has 0 amide bonds. The van der Waals surface area contributed by atoms with Gasteiger partial charge in [0.05, 0.1) is 0 Å². The monoisotopic (exact) mass is 1320 g/mol. The van der Waals surface area contributed by atoms with Crippen LogP contribution in [0.5, 0.6) is 0 Å². The Labute approximate surface area is 506 Å². The van der Waals surface area contributed by atoms with Gasteiger partial charge in [-0.3, -0.25) is 0 Å². The molecule has 0 N–H and O–H groups in total. The predicted molar refractivity (Wildman–Crippen MR) is 348 cm³/mol. The van der Waals surface area contributed by atoms with Gasteiger partial charge in [-0.25, -0.2) is 0 Å². The third kappa shape index (κ3) is 59.7. The minimum absolute atomic E-state index is 0.0553. The van der Waals surface area contributed by atoms with E-state index in [9.17, 15) is 19.2 Å². The quantitative estimate of drug-likeness (QED) is 0.0337. The molecule has 0 saturated carbocycles. The zero-order chi connectivity index (χ0) is 58.9.